The van der Waals surface area contributed by atoms with Crippen LogP contribution in [0.15, 0.2) is 0 Å². The molecule has 1 fully saturated rings. The number of hydrogen-bond donors (Lipinski definition) is 2. The van der Waals surface area contributed by atoms with Crippen LogP contribution < -0.4 is 11.1 Å². The van der Waals surface area contributed by atoms with Gasteiger partial charge in [-0.3, -0.25) is 9.69 Å². The number of carbonyl (C=O) groups excluding carboxylic acids is 1. The van der Waals surface area contributed by atoms with E-state index in [2.05, 4.69) is 24.1 Å². The molecule has 0 spiro atoms. The molecule has 0 aromatic carbocycles. The van der Waals surface area contributed by atoms with Gasteiger partial charge >= 0.3 is 0 Å². The van der Waals surface area contributed by atoms with Crippen LogP contribution in [0.1, 0.15) is 34.1 Å². The Balaban J connectivity index is 2.49. The largest absolute Gasteiger partial charge is 0.373 e. The van der Waals surface area contributed by atoms with Gasteiger partial charge in [-0.15, -0.1) is 0 Å². The number of primary amides is 1. The maximum absolute atomic E-state index is 11.5. The molecule has 3 atom stereocenters. The van der Waals surface area contributed by atoms with E-state index in [0.717, 1.165) is 32.6 Å². The lowest BCUT2D eigenvalue weighted by Gasteiger charge is -2.37. The molecule has 1 unspecified atom stereocenters. The molecule has 1 aliphatic rings. The topological polar surface area (TPSA) is 67.6 Å². The summed E-state index contributed by atoms with van der Waals surface area (Å²) < 4.78 is 5.69. The van der Waals surface area contributed by atoms with E-state index in [9.17, 15) is 4.79 Å². The van der Waals surface area contributed by atoms with E-state index in [4.69, 9.17) is 10.5 Å². The minimum atomic E-state index is -0.612. The second-order valence-electron chi connectivity index (χ2n) is 5.49. The highest BCUT2D eigenvalue weighted by molar-refractivity contribution is 5.84. The molecule has 0 aromatic heterocycles. The molecule has 0 aromatic rings. The van der Waals surface area contributed by atoms with E-state index in [0.29, 0.717) is 0 Å². The zero-order chi connectivity index (χ0) is 13.8. The van der Waals surface area contributed by atoms with E-state index in [1.165, 1.54) is 0 Å². The summed E-state index contributed by atoms with van der Waals surface area (Å²) in [6.45, 7) is 11.5. The molecule has 1 aliphatic heterocycles. The van der Waals surface area contributed by atoms with Crippen molar-refractivity contribution in [2.24, 2.45) is 5.73 Å². The van der Waals surface area contributed by atoms with Gasteiger partial charge in [0.15, 0.2) is 0 Å². The van der Waals surface area contributed by atoms with Crippen molar-refractivity contribution in [2.75, 3.05) is 26.2 Å². The van der Waals surface area contributed by atoms with Crippen molar-refractivity contribution in [3.05, 3.63) is 0 Å². The summed E-state index contributed by atoms with van der Waals surface area (Å²) in [5.74, 6) is -0.279. The summed E-state index contributed by atoms with van der Waals surface area (Å²) >= 11 is 0. The molecule has 1 heterocycles. The second-order valence-corrected chi connectivity index (χ2v) is 5.49. The van der Waals surface area contributed by atoms with Gasteiger partial charge in [-0.2, -0.15) is 0 Å². The predicted octanol–water partition coefficient (Wildman–Crippen LogP) is 0.339. The molecule has 0 aliphatic carbocycles. The fourth-order valence-corrected chi connectivity index (χ4v) is 2.54. The summed E-state index contributed by atoms with van der Waals surface area (Å²) in [5, 5.41) is 3.19. The van der Waals surface area contributed by atoms with Crippen molar-refractivity contribution in [1.29, 1.82) is 0 Å². The van der Waals surface area contributed by atoms with Crippen LogP contribution in [0, 0.1) is 0 Å². The molecule has 106 valence electrons. The Morgan fingerprint density at radius 1 is 1.44 bits per heavy atom. The molecule has 18 heavy (non-hydrogen) atoms. The number of nitrogens with one attached hydrogen (secondary N) is 1. The van der Waals surface area contributed by atoms with Gasteiger partial charge in [0.25, 0.3) is 0 Å². The Hall–Kier alpha value is -0.650. The molecule has 1 saturated heterocycles. The van der Waals surface area contributed by atoms with E-state index in [1.54, 1.807) is 0 Å². The molecular formula is C13H27N3O2. The Morgan fingerprint density at radius 2 is 2.00 bits per heavy atom. The lowest BCUT2D eigenvalue weighted by Crippen LogP contribution is -2.55. The molecule has 1 rings (SSSR count). The number of amides is 1. The van der Waals surface area contributed by atoms with Crippen molar-refractivity contribution >= 4 is 5.91 Å². The summed E-state index contributed by atoms with van der Waals surface area (Å²) in [6, 6.07) is 0. The molecule has 1 amide bonds. The second kappa shape index (κ2) is 6.50. The summed E-state index contributed by atoms with van der Waals surface area (Å²) in [4.78, 5) is 13.9. The standard InChI is InChI=1S/C13H27N3O2/c1-5-15-13(4,12(14)17)6-7-16-8-10(2)18-11(3)9-16/h10-11,15H,5-9H2,1-4H3,(H2,14,17)/t10-,11+,13?. The molecule has 0 saturated carbocycles. The Bertz CT molecular complexity index is 275. The number of carbonyl (C=O) groups is 1. The third kappa shape index (κ3) is 4.23. The molecule has 0 bridgehead atoms. The smallest absolute Gasteiger partial charge is 0.237 e. The van der Waals surface area contributed by atoms with Crippen LogP contribution in [-0.4, -0.2) is 54.7 Å². The zero-order valence-corrected chi connectivity index (χ0v) is 12.0. The van der Waals surface area contributed by atoms with Crippen LogP contribution >= 0.6 is 0 Å². The molecule has 5 nitrogen and oxygen atoms in total. The fraction of sp³-hybridized carbons (Fsp3) is 0.923. The van der Waals surface area contributed by atoms with Crippen molar-refractivity contribution in [2.45, 2.75) is 51.9 Å². The number of ether oxygens (including phenoxy) is 1. The number of rotatable bonds is 6. The number of likely N-dealkylation sites (N-methyl/N-ethyl adjacent to an activating group) is 1. The van der Waals surface area contributed by atoms with E-state index in [1.807, 2.05) is 13.8 Å². The summed E-state index contributed by atoms with van der Waals surface area (Å²) in [7, 11) is 0. The Kier molecular flexibility index (Phi) is 5.56. The summed E-state index contributed by atoms with van der Waals surface area (Å²) in [5.41, 5.74) is 4.87. The monoisotopic (exact) mass is 257 g/mol. The van der Waals surface area contributed by atoms with E-state index < -0.39 is 5.54 Å². The van der Waals surface area contributed by atoms with Gasteiger partial charge < -0.3 is 15.8 Å². The lowest BCUT2D eigenvalue weighted by molar-refractivity contribution is -0.124. The highest BCUT2D eigenvalue weighted by Gasteiger charge is 2.31. The normalized spacial score (nSPS) is 28.9. The quantitative estimate of drug-likeness (QED) is 0.720. The number of morpholine rings is 1. The highest BCUT2D eigenvalue weighted by atomic mass is 16.5. The van der Waals surface area contributed by atoms with Gasteiger partial charge in [-0.1, -0.05) is 6.92 Å². The minimum absolute atomic E-state index is 0.257. The number of hydrogen-bond acceptors (Lipinski definition) is 4. The van der Waals surface area contributed by atoms with Gasteiger partial charge in [-0.25, -0.2) is 0 Å². The maximum atomic E-state index is 11.5. The lowest BCUT2D eigenvalue weighted by atomic mass is 9.96. The van der Waals surface area contributed by atoms with Crippen molar-refractivity contribution in [3.8, 4) is 0 Å². The zero-order valence-electron chi connectivity index (χ0n) is 12.0. The van der Waals surface area contributed by atoms with Gasteiger partial charge in [0, 0.05) is 19.6 Å². The Labute approximate surface area is 110 Å². The van der Waals surface area contributed by atoms with Crippen LogP contribution in [-0.2, 0) is 9.53 Å². The van der Waals surface area contributed by atoms with Crippen molar-refractivity contribution in [1.82, 2.24) is 10.2 Å². The number of nitrogens with two attached hydrogens (primary N) is 1. The van der Waals surface area contributed by atoms with Gasteiger partial charge in [-0.05, 0) is 33.7 Å². The summed E-state index contributed by atoms with van der Waals surface area (Å²) in [6.07, 6.45) is 1.25. The molecular weight excluding hydrogens is 230 g/mol. The first-order valence-electron chi connectivity index (χ1n) is 6.80. The van der Waals surface area contributed by atoms with Crippen LogP contribution in [0.4, 0.5) is 0 Å². The third-order valence-corrected chi connectivity index (χ3v) is 3.53. The maximum Gasteiger partial charge on any atom is 0.237 e. The first kappa shape index (κ1) is 15.4. The van der Waals surface area contributed by atoms with Crippen LogP contribution in [0.25, 0.3) is 0 Å². The third-order valence-electron chi connectivity index (χ3n) is 3.53. The van der Waals surface area contributed by atoms with Crippen LogP contribution in [0.2, 0.25) is 0 Å². The van der Waals surface area contributed by atoms with Crippen LogP contribution in [0.3, 0.4) is 0 Å². The molecule has 0 radical (unpaired) electrons. The number of nitrogens with zero attached hydrogens (tertiary/aromatic N) is 1. The van der Waals surface area contributed by atoms with Gasteiger partial charge in [0.2, 0.25) is 5.91 Å². The highest BCUT2D eigenvalue weighted by Crippen LogP contribution is 2.15. The van der Waals surface area contributed by atoms with Gasteiger partial charge in [0.05, 0.1) is 17.7 Å². The first-order valence-corrected chi connectivity index (χ1v) is 6.80. The predicted molar refractivity (Wildman–Crippen MR) is 72.3 cm³/mol. The fourth-order valence-electron chi connectivity index (χ4n) is 2.54. The SMILES string of the molecule is CCNC(C)(CCN1C[C@@H](C)O[C@@H](C)C1)C(N)=O. The first-order chi connectivity index (χ1) is 8.37. The molecule has 5 heteroatoms. The van der Waals surface area contributed by atoms with Crippen molar-refractivity contribution in [3.63, 3.8) is 0 Å². The average Bonchev–Trinajstić information content (AvgIpc) is 2.25. The minimum Gasteiger partial charge on any atom is -0.373 e. The van der Waals surface area contributed by atoms with E-state index in [-0.39, 0.29) is 18.1 Å². The molecule has 3 N–H and O–H groups in total. The Morgan fingerprint density at radius 3 is 2.44 bits per heavy atom. The van der Waals surface area contributed by atoms with E-state index >= 15 is 0 Å². The van der Waals surface area contributed by atoms with Crippen molar-refractivity contribution < 1.29 is 9.53 Å². The van der Waals surface area contributed by atoms with Gasteiger partial charge in [0.1, 0.15) is 0 Å². The average molecular weight is 257 g/mol. The van der Waals surface area contributed by atoms with Crippen LogP contribution in [0.5, 0.6) is 0 Å².